The lowest BCUT2D eigenvalue weighted by molar-refractivity contribution is -0.173. The maximum absolute atomic E-state index is 13.8. The zero-order chi connectivity index (χ0) is 21.6. The van der Waals surface area contributed by atoms with Crippen molar-refractivity contribution in [2.75, 3.05) is 10.6 Å². The van der Waals surface area contributed by atoms with E-state index in [2.05, 4.69) is 15.7 Å². The van der Waals surface area contributed by atoms with Crippen LogP contribution in [0.5, 0.6) is 0 Å². The first-order valence-corrected chi connectivity index (χ1v) is 10.6. The van der Waals surface area contributed by atoms with Crippen LogP contribution in [0.2, 0.25) is 15.1 Å². The number of fused-ring (bicyclic) bond motifs is 1. The number of carbonyl (C=O) groups excluding carboxylic acids is 1. The Bertz CT molecular complexity index is 1100. The highest BCUT2D eigenvalue weighted by Gasteiger charge is 2.48. The minimum Gasteiger partial charge on any atom is -0.361 e. The molecule has 2 N–H and O–H groups in total. The number of benzene rings is 1. The zero-order valence-corrected chi connectivity index (χ0v) is 17.9. The summed E-state index contributed by atoms with van der Waals surface area (Å²) in [6.07, 6.45) is -4.86. The van der Waals surface area contributed by atoms with Gasteiger partial charge in [0.2, 0.25) is 0 Å². The van der Waals surface area contributed by atoms with Gasteiger partial charge in [0.1, 0.15) is 10.8 Å². The molecule has 2 unspecified atom stereocenters. The molecule has 0 spiro atoms. The first-order chi connectivity index (χ1) is 14.2. The van der Waals surface area contributed by atoms with Crippen LogP contribution in [0, 0.1) is 0 Å². The lowest BCUT2D eigenvalue weighted by Crippen LogP contribution is -2.35. The summed E-state index contributed by atoms with van der Waals surface area (Å²) in [7, 11) is 0. The largest absolute Gasteiger partial charge is 0.410 e. The summed E-state index contributed by atoms with van der Waals surface area (Å²) in [6.45, 7) is 0. The number of nitrogens with one attached hydrogen (secondary N) is 2. The number of carbonyl (C=O) groups is 1. The SMILES string of the molecule is O=C(Nc1cccc(Cl)c1Cl)c1nn2c(c1Cl)NC(c1cccs1)CC2C(F)(F)F. The highest BCUT2D eigenvalue weighted by molar-refractivity contribution is 7.10. The van der Waals surface area contributed by atoms with E-state index in [4.69, 9.17) is 34.8 Å². The van der Waals surface area contributed by atoms with Crippen LogP contribution in [0.4, 0.5) is 24.7 Å². The molecule has 0 aliphatic carbocycles. The maximum Gasteiger partial charge on any atom is 0.410 e. The van der Waals surface area contributed by atoms with Gasteiger partial charge in [0.05, 0.1) is 21.8 Å². The van der Waals surface area contributed by atoms with E-state index in [1.807, 2.05) is 0 Å². The zero-order valence-electron chi connectivity index (χ0n) is 14.8. The molecule has 4 rings (SSSR count). The Morgan fingerprint density at radius 2 is 1.97 bits per heavy atom. The number of amides is 1. The van der Waals surface area contributed by atoms with Gasteiger partial charge in [-0.25, -0.2) is 4.68 Å². The number of alkyl halides is 3. The molecule has 1 amide bonds. The van der Waals surface area contributed by atoms with Crippen LogP contribution in [0.1, 0.15) is 33.9 Å². The van der Waals surface area contributed by atoms with E-state index >= 15 is 0 Å². The molecule has 5 nitrogen and oxygen atoms in total. The van der Waals surface area contributed by atoms with Crippen molar-refractivity contribution in [2.45, 2.75) is 24.7 Å². The molecule has 0 saturated carbocycles. The summed E-state index contributed by atoms with van der Waals surface area (Å²) < 4.78 is 42.0. The minimum atomic E-state index is -4.58. The van der Waals surface area contributed by atoms with Crippen molar-refractivity contribution in [3.63, 3.8) is 0 Å². The standard InChI is InChI=1S/C18H12Cl3F3N4OS/c19-8-3-1-4-9(13(8)20)26-17(29)15-14(21)16-25-10(11-5-2-6-30-11)7-12(18(22,23)24)28(16)27-15/h1-6,10,12,25H,7H2,(H,26,29). The second-order valence-electron chi connectivity index (χ2n) is 6.52. The molecule has 2 atom stereocenters. The van der Waals surface area contributed by atoms with Crippen molar-refractivity contribution in [3.05, 3.63) is 61.4 Å². The van der Waals surface area contributed by atoms with Crippen LogP contribution in [0.3, 0.4) is 0 Å². The molecule has 3 heterocycles. The van der Waals surface area contributed by atoms with Crippen molar-refractivity contribution in [3.8, 4) is 0 Å². The third kappa shape index (κ3) is 3.87. The second kappa shape index (κ2) is 7.96. The molecule has 1 aromatic carbocycles. The van der Waals surface area contributed by atoms with Gasteiger partial charge in [0, 0.05) is 11.3 Å². The van der Waals surface area contributed by atoms with Gasteiger partial charge in [-0.3, -0.25) is 4.79 Å². The van der Waals surface area contributed by atoms with Crippen LogP contribution < -0.4 is 10.6 Å². The van der Waals surface area contributed by atoms with Gasteiger partial charge in [0.15, 0.2) is 11.7 Å². The van der Waals surface area contributed by atoms with Crippen molar-refractivity contribution in [2.24, 2.45) is 0 Å². The Kier molecular flexibility index (Phi) is 5.65. The molecule has 0 radical (unpaired) electrons. The molecule has 0 saturated heterocycles. The predicted octanol–water partition coefficient (Wildman–Crippen LogP) is 6.82. The van der Waals surface area contributed by atoms with E-state index in [9.17, 15) is 18.0 Å². The Labute approximate surface area is 187 Å². The third-order valence-electron chi connectivity index (χ3n) is 4.60. The first kappa shape index (κ1) is 21.3. The van der Waals surface area contributed by atoms with E-state index in [1.165, 1.54) is 23.5 Å². The monoisotopic (exact) mass is 494 g/mol. The molecule has 1 aliphatic heterocycles. The van der Waals surface area contributed by atoms with Crippen LogP contribution in [-0.2, 0) is 0 Å². The quantitative estimate of drug-likeness (QED) is 0.419. The number of halogens is 6. The number of hydrogen-bond donors (Lipinski definition) is 2. The van der Waals surface area contributed by atoms with Crippen LogP contribution in [-0.4, -0.2) is 21.9 Å². The molecule has 30 heavy (non-hydrogen) atoms. The lowest BCUT2D eigenvalue weighted by atomic mass is 10.0. The van der Waals surface area contributed by atoms with E-state index in [0.29, 0.717) is 0 Å². The molecule has 1 aliphatic rings. The smallest absolute Gasteiger partial charge is 0.361 e. The van der Waals surface area contributed by atoms with E-state index in [0.717, 1.165) is 9.56 Å². The maximum atomic E-state index is 13.8. The van der Waals surface area contributed by atoms with Gasteiger partial charge in [-0.2, -0.15) is 18.3 Å². The summed E-state index contributed by atoms with van der Waals surface area (Å²) in [5.41, 5.74) is -0.163. The molecule has 12 heteroatoms. The lowest BCUT2D eigenvalue weighted by Gasteiger charge is -2.32. The molecular formula is C18H12Cl3F3N4OS. The second-order valence-corrected chi connectivity index (χ2v) is 8.66. The molecule has 158 valence electrons. The average Bonchev–Trinajstić information content (AvgIpc) is 3.32. The van der Waals surface area contributed by atoms with E-state index in [-0.39, 0.29) is 38.7 Å². The van der Waals surface area contributed by atoms with Crippen molar-refractivity contribution in [1.29, 1.82) is 0 Å². The normalized spacial score (nSPS) is 18.6. The number of nitrogens with zero attached hydrogens (tertiary/aromatic N) is 2. The average molecular weight is 496 g/mol. The fraction of sp³-hybridized carbons (Fsp3) is 0.222. The summed E-state index contributed by atoms with van der Waals surface area (Å²) in [5.74, 6) is -0.868. The third-order valence-corrected chi connectivity index (χ3v) is 6.76. The fourth-order valence-corrected chi connectivity index (χ4v) is 4.60. The van der Waals surface area contributed by atoms with Gasteiger partial charge in [-0.15, -0.1) is 11.3 Å². The Balaban J connectivity index is 1.71. The van der Waals surface area contributed by atoms with Gasteiger partial charge in [-0.05, 0) is 23.6 Å². The van der Waals surface area contributed by atoms with Crippen molar-refractivity contribution < 1.29 is 18.0 Å². The van der Waals surface area contributed by atoms with Crippen molar-refractivity contribution in [1.82, 2.24) is 9.78 Å². The highest BCUT2D eigenvalue weighted by Crippen LogP contribution is 2.47. The van der Waals surface area contributed by atoms with Crippen LogP contribution in [0.15, 0.2) is 35.7 Å². The number of anilines is 2. The topological polar surface area (TPSA) is 59.0 Å². The number of aromatic nitrogens is 2. The fourth-order valence-electron chi connectivity index (χ4n) is 3.19. The van der Waals surface area contributed by atoms with Gasteiger partial charge in [0.25, 0.3) is 5.91 Å². The Morgan fingerprint density at radius 1 is 1.20 bits per heavy atom. The summed E-state index contributed by atoms with van der Waals surface area (Å²) in [4.78, 5) is 13.4. The molecule has 0 fully saturated rings. The van der Waals surface area contributed by atoms with Gasteiger partial charge < -0.3 is 10.6 Å². The van der Waals surface area contributed by atoms with Gasteiger partial charge >= 0.3 is 6.18 Å². The van der Waals surface area contributed by atoms with Crippen LogP contribution in [0.25, 0.3) is 0 Å². The summed E-state index contributed by atoms with van der Waals surface area (Å²) >= 11 is 19.6. The number of thiophene rings is 1. The summed E-state index contributed by atoms with van der Waals surface area (Å²) in [6, 6.07) is 5.54. The minimum absolute atomic E-state index is 0.0639. The van der Waals surface area contributed by atoms with E-state index < -0.39 is 24.2 Å². The number of rotatable bonds is 3. The van der Waals surface area contributed by atoms with Crippen LogP contribution >= 0.6 is 46.1 Å². The van der Waals surface area contributed by atoms with Crippen molar-refractivity contribution >= 4 is 63.6 Å². The molecular weight excluding hydrogens is 484 g/mol. The molecule has 0 bridgehead atoms. The predicted molar refractivity (Wildman–Crippen MR) is 112 cm³/mol. The first-order valence-electron chi connectivity index (χ1n) is 8.57. The molecule has 2 aromatic heterocycles. The summed E-state index contributed by atoms with van der Waals surface area (Å²) in [5, 5.41) is 11.2. The molecule has 3 aromatic rings. The Hall–Kier alpha value is -1.94. The van der Waals surface area contributed by atoms with Gasteiger partial charge in [-0.1, -0.05) is 46.9 Å². The highest BCUT2D eigenvalue weighted by atomic mass is 35.5. The Morgan fingerprint density at radius 3 is 2.63 bits per heavy atom. The van der Waals surface area contributed by atoms with E-state index in [1.54, 1.807) is 23.6 Å². The number of hydrogen-bond acceptors (Lipinski definition) is 4.